The molecule has 3 aromatic heterocycles. The zero-order chi connectivity index (χ0) is 31.6. The van der Waals surface area contributed by atoms with Crippen LogP contribution in [0.4, 0.5) is 4.39 Å². The van der Waals surface area contributed by atoms with E-state index in [1.165, 1.54) is 29.4 Å². The number of hydrogen-bond acceptors (Lipinski definition) is 9. The van der Waals surface area contributed by atoms with Gasteiger partial charge in [0.15, 0.2) is 11.6 Å². The number of fused-ring (bicyclic) bond motifs is 3. The quantitative estimate of drug-likeness (QED) is 0.194. The molecule has 1 N–H and O–H groups in total. The molecule has 2 saturated heterocycles. The number of Topliss-reactive ketones (excluding diaryl/α,β-unsaturated/α-hetero) is 1. The number of aromatic nitrogens is 2. The summed E-state index contributed by atoms with van der Waals surface area (Å²) in [6, 6.07) is 14.1. The van der Waals surface area contributed by atoms with Crippen LogP contribution in [0.25, 0.3) is 20.8 Å². The number of rotatable bonds is 10. The fraction of sp³-hybridized carbons (Fsp3) is 0.429. The van der Waals surface area contributed by atoms with Crippen LogP contribution in [0.2, 0.25) is 0 Å². The minimum atomic E-state index is -0.470. The average Bonchev–Trinajstić information content (AvgIpc) is 3.36. The lowest BCUT2D eigenvalue weighted by atomic mass is 10.0. The van der Waals surface area contributed by atoms with Gasteiger partial charge in [-0.15, -0.1) is 11.3 Å². The molecule has 5 heterocycles. The molecule has 3 fully saturated rings. The van der Waals surface area contributed by atoms with Gasteiger partial charge in [0.2, 0.25) is 0 Å². The number of ketones is 1. The van der Waals surface area contributed by atoms with Crippen LogP contribution in [0.5, 0.6) is 11.5 Å². The molecule has 2 bridgehead atoms. The topological polar surface area (TPSA) is 93.7 Å². The van der Waals surface area contributed by atoms with Crippen molar-refractivity contribution < 1.29 is 23.5 Å². The number of likely N-dealkylation sites (tertiary alicyclic amines) is 1. The highest BCUT2D eigenvalue weighted by Crippen LogP contribution is 2.39. The molecule has 45 heavy (non-hydrogen) atoms. The van der Waals surface area contributed by atoms with E-state index < -0.39 is 5.82 Å². The Bertz CT molecular complexity index is 1660. The highest BCUT2D eigenvalue weighted by Gasteiger charge is 2.37. The third-order valence-corrected chi connectivity index (χ3v) is 9.40. The summed E-state index contributed by atoms with van der Waals surface area (Å²) < 4.78 is 26.3. The summed E-state index contributed by atoms with van der Waals surface area (Å²) in [5.74, 6) is 0.930. The van der Waals surface area contributed by atoms with Gasteiger partial charge in [-0.05, 0) is 81.3 Å². The maximum Gasteiger partial charge on any atom is 0.293 e. The summed E-state index contributed by atoms with van der Waals surface area (Å²) in [5, 5.41) is 3.55. The number of nitrogens with zero attached hydrogens (tertiary/aromatic N) is 3. The summed E-state index contributed by atoms with van der Waals surface area (Å²) in [5.41, 5.74) is 3.26. The standard InChI is InChI=1S/C30H29FN4O2S.C5H10O2/c31-24-11-19(10-23(36)9-18-1-2-18)4-6-27(24)37-28-7-8-32-26-13-29(38-30(26)28)25-5-3-20(14-34-25)16-35-17-21-12-22(35)15-33-21;1-5(2,3)7-4-6/h3-8,11,13-14,18,21-22,33H,1-2,9-10,12,15-17H2;4H,1-3H3/t21-,22-;/m0./s1. The molecule has 0 radical (unpaired) electrons. The number of nitrogens with one attached hydrogen (secondary N) is 1. The molecule has 2 atom stereocenters. The van der Waals surface area contributed by atoms with Crippen molar-refractivity contribution in [2.24, 2.45) is 5.92 Å². The molecule has 4 aromatic rings. The van der Waals surface area contributed by atoms with E-state index in [-0.39, 0.29) is 23.6 Å². The molecule has 236 valence electrons. The van der Waals surface area contributed by atoms with Crippen molar-refractivity contribution >= 4 is 33.8 Å². The van der Waals surface area contributed by atoms with E-state index >= 15 is 0 Å². The molecule has 1 aromatic carbocycles. The van der Waals surface area contributed by atoms with E-state index in [0.29, 0.717) is 42.2 Å². The molecule has 1 saturated carbocycles. The molecular weight excluding hydrogens is 591 g/mol. The number of benzene rings is 1. The van der Waals surface area contributed by atoms with E-state index in [4.69, 9.17) is 9.72 Å². The number of hydrogen-bond donors (Lipinski definition) is 1. The molecule has 0 amide bonds. The Labute approximate surface area is 267 Å². The second-order valence-corrected chi connectivity index (χ2v) is 14.2. The number of halogens is 1. The van der Waals surface area contributed by atoms with Gasteiger partial charge in [0.1, 0.15) is 17.1 Å². The smallest absolute Gasteiger partial charge is 0.293 e. The lowest BCUT2D eigenvalue weighted by Crippen LogP contribution is -2.42. The van der Waals surface area contributed by atoms with E-state index in [1.807, 2.05) is 33.0 Å². The van der Waals surface area contributed by atoms with Crippen molar-refractivity contribution in [2.45, 2.75) is 77.1 Å². The van der Waals surface area contributed by atoms with Gasteiger partial charge in [-0.3, -0.25) is 24.5 Å². The highest BCUT2D eigenvalue weighted by molar-refractivity contribution is 7.22. The molecule has 3 aliphatic rings. The number of carbonyl (C=O) groups excluding carboxylic acids is 2. The number of piperazine rings is 1. The van der Waals surface area contributed by atoms with Gasteiger partial charge in [0.05, 0.1) is 20.8 Å². The van der Waals surface area contributed by atoms with Crippen molar-refractivity contribution in [3.63, 3.8) is 0 Å². The predicted molar refractivity (Wildman–Crippen MR) is 173 cm³/mol. The van der Waals surface area contributed by atoms with E-state index in [9.17, 15) is 14.0 Å². The predicted octanol–water partition coefficient (Wildman–Crippen LogP) is 6.71. The second kappa shape index (κ2) is 13.3. The largest absolute Gasteiger partial charge is 0.462 e. The van der Waals surface area contributed by atoms with E-state index in [1.54, 1.807) is 24.4 Å². The highest BCUT2D eigenvalue weighted by atomic mass is 32.1. The number of thiophene rings is 1. The van der Waals surface area contributed by atoms with Crippen molar-refractivity contribution in [1.29, 1.82) is 0 Å². The molecule has 8 nitrogen and oxygen atoms in total. The first-order valence-corrected chi connectivity index (χ1v) is 16.4. The summed E-state index contributed by atoms with van der Waals surface area (Å²) in [4.78, 5) is 34.5. The third kappa shape index (κ3) is 8.11. The van der Waals surface area contributed by atoms with Crippen molar-refractivity contribution in [1.82, 2.24) is 20.2 Å². The molecule has 10 heteroatoms. The first-order chi connectivity index (χ1) is 21.6. The van der Waals surface area contributed by atoms with Gasteiger partial charge in [-0.1, -0.05) is 12.1 Å². The van der Waals surface area contributed by atoms with E-state index in [2.05, 4.69) is 32.1 Å². The van der Waals surface area contributed by atoms with Gasteiger partial charge >= 0.3 is 0 Å². The monoisotopic (exact) mass is 630 g/mol. The molecule has 1 aliphatic carbocycles. The van der Waals surface area contributed by atoms with Gasteiger partial charge in [0.25, 0.3) is 6.47 Å². The minimum Gasteiger partial charge on any atom is -0.462 e. The lowest BCUT2D eigenvalue weighted by Gasteiger charge is -2.27. The fourth-order valence-electron chi connectivity index (χ4n) is 5.80. The Hall–Kier alpha value is -3.73. The Morgan fingerprint density at radius 3 is 2.56 bits per heavy atom. The van der Waals surface area contributed by atoms with Gasteiger partial charge in [0, 0.05) is 63.0 Å². The zero-order valence-electron chi connectivity index (χ0n) is 25.9. The van der Waals surface area contributed by atoms with Crippen molar-refractivity contribution in [2.75, 3.05) is 13.1 Å². The number of carbonyl (C=O) groups is 2. The van der Waals surface area contributed by atoms with E-state index in [0.717, 1.165) is 53.3 Å². The number of ether oxygens (including phenoxy) is 2. The SMILES string of the molecule is CC(C)(C)OC=O.O=C(Cc1ccc(Oc2ccnc3cc(-c4ccc(CN5C[C@@H]6C[C@H]5CN6)cn4)sc23)c(F)c1)CC1CC1. The Morgan fingerprint density at radius 2 is 1.93 bits per heavy atom. The van der Waals surface area contributed by atoms with Gasteiger partial charge < -0.3 is 14.8 Å². The fourth-order valence-corrected chi connectivity index (χ4v) is 6.85. The minimum absolute atomic E-state index is 0.138. The molecule has 0 spiro atoms. The van der Waals surface area contributed by atoms with Crippen molar-refractivity contribution in [3.8, 4) is 22.1 Å². The van der Waals surface area contributed by atoms with Crippen LogP contribution in [0, 0.1) is 11.7 Å². The van der Waals surface area contributed by atoms with Crippen LogP contribution >= 0.6 is 11.3 Å². The summed E-state index contributed by atoms with van der Waals surface area (Å²) in [6.07, 6.45) is 8.03. The van der Waals surface area contributed by atoms with Crippen LogP contribution in [0.1, 0.15) is 57.6 Å². The second-order valence-electron chi connectivity index (χ2n) is 13.2. The van der Waals surface area contributed by atoms with Crippen LogP contribution in [0.15, 0.2) is 54.9 Å². The Balaban J connectivity index is 0.000000460. The first-order valence-electron chi connectivity index (χ1n) is 15.5. The first kappa shape index (κ1) is 31.3. The van der Waals surface area contributed by atoms with Crippen molar-refractivity contribution in [3.05, 3.63) is 71.8 Å². The van der Waals surface area contributed by atoms with Crippen LogP contribution in [-0.4, -0.2) is 57.9 Å². The summed E-state index contributed by atoms with van der Waals surface area (Å²) in [7, 11) is 0. The molecule has 2 aliphatic heterocycles. The van der Waals surface area contributed by atoms with Gasteiger partial charge in [-0.2, -0.15) is 0 Å². The average molecular weight is 631 g/mol. The molecular formula is C35H39FN4O4S. The maximum absolute atomic E-state index is 14.9. The zero-order valence-corrected chi connectivity index (χ0v) is 26.7. The Morgan fingerprint density at radius 1 is 1.11 bits per heavy atom. The summed E-state index contributed by atoms with van der Waals surface area (Å²) >= 11 is 1.54. The third-order valence-electron chi connectivity index (χ3n) is 8.24. The van der Waals surface area contributed by atoms with Crippen LogP contribution < -0.4 is 10.1 Å². The maximum atomic E-state index is 14.9. The molecule has 7 rings (SSSR count). The molecule has 0 unspecified atom stereocenters. The Kier molecular flexibility index (Phi) is 9.26. The van der Waals surface area contributed by atoms with Gasteiger partial charge in [-0.25, -0.2) is 4.39 Å². The van der Waals surface area contributed by atoms with Crippen LogP contribution in [0.3, 0.4) is 0 Å². The van der Waals surface area contributed by atoms with Crippen LogP contribution in [-0.2, 0) is 27.3 Å². The lowest BCUT2D eigenvalue weighted by molar-refractivity contribution is -0.138. The summed E-state index contributed by atoms with van der Waals surface area (Å²) in [6.45, 7) is 9.05. The number of pyridine rings is 2. The normalized spacial score (nSPS) is 19.3.